The highest BCUT2D eigenvalue weighted by Crippen LogP contribution is 2.45. The highest BCUT2D eigenvalue weighted by Gasteiger charge is 2.25. The van der Waals surface area contributed by atoms with Crippen LogP contribution in [-0.2, 0) is 0 Å². The van der Waals surface area contributed by atoms with Gasteiger partial charge in [-0.05, 0) is 37.6 Å². The zero-order chi connectivity index (χ0) is 14.1. The topological polar surface area (TPSA) is 15.3 Å². The average Bonchev–Trinajstić information content (AvgIpc) is 2.49. The molecule has 0 aliphatic carbocycles. The molecule has 1 aliphatic rings. The second-order valence-electron chi connectivity index (χ2n) is 5.34. The lowest BCUT2D eigenvalue weighted by Crippen LogP contribution is -2.25. The van der Waals surface area contributed by atoms with Gasteiger partial charge in [0.25, 0.3) is 0 Å². The van der Waals surface area contributed by atoms with Crippen LogP contribution in [0.4, 0.5) is 17.1 Å². The molecular weight excluding hydrogens is 244 g/mol. The van der Waals surface area contributed by atoms with E-state index in [1.165, 1.54) is 28.2 Å². The van der Waals surface area contributed by atoms with Gasteiger partial charge in [-0.3, -0.25) is 0 Å². The minimum atomic E-state index is 0.430. The van der Waals surface area contributed by atoms with Crippen molar-refractivity contribution < 1.29 is 0 Å². The van der Waals surface area contributed by atoms with E-state index in [-0.39, 0.29) is 0 Å². The number of benzene rings is 2. The monoisotopic (exact) mass is 266 g/mol. The average molecular weight is 266 g/mol. The Bertz CT molecular complexity index is 615. The number of hydrogen-bond donors (Lipinski definition) is 1. The molecule has 0 spiro atoms. The van der Waals surface area contributed by atoms with Crippen molar-refractivity contribution in [3.8, 4) is 0 Å². The summed E-state index contributed by atoms with van der Waals surface area (Å²) >= 11 is 0. The number of nitrogens with one attached hydrogen (secondary N) is 1. The number of anilines is 3. The van der Waals surface area contributed by atoms with Gasteiger partial charge in [0.1, 0.15) is 0 Å². The number of rotatable bonds is 3. The summed E-state index contributed by atoms with van der Waals surface area (Å²) in [6.45, 7) is 8.84. The van der Waals surface area contributed by atoms with Gasteiger partial charge in [-0.2, -0.15) is 0 Å². The van der Waals surface area contributed by atoms with Crippen LogP contribution in [0.5, 0.6) is 0 Å². The predicted molar refractivity (Wildman–Crippen MR) is 87.2 cm³/mol. The lowest BCUT2D eigenvalue weighted by molar-refractivity contribution is 0.833. The summed E-state index contributed by atoms with van der Waals surface area (Å²) in [4.78, 5) is 2.44. The molecule has 104 valence electrons. The molecule has 1 unspecified atom stereocenters. The van der Waals surface area contributed by atoms with E-state index >= 15 is 0 Å². The molecular formula is C18H22N2. The van der Waals surface area contributed by atoms with Crippen LogP contribution in [0.15, 0.2) is 42.5 Å². The molecule has 0 saturated heterocycles. The standard InChI is InChI=1S/C18H22N2/c1-4-20(5-2)17-12-8-11-16-18(17)13(3)14-9-6-7-10-15(14)19-16/h6-13,19H,4-5H2,1-3H3. The van der Waals surface area contributed by atoms with Crippen LogP contribution in [0.25, 0.3) is 0 Å². The van der Waals surface area contributed by atoms with Crippen LogP contribution < -0.4 is 10.2 Å². The van der Waals surface area contributed by atoms with Crippen molar-refractivity contribution in [2.45, 2.75) is 26.7 Å². The summed E-state index contributed by atoms with van der Waals surface area (Å²) in [5, 5.41) is 3.59. The Hall–Kier alpha value is -1.96. The van der Waals surface area contributed by atoms with Gasteiger partial charge in [0.15, 0.2) is 0 Å². The van der Waals surface area contributed by atoms with E-state index in [4.69, 9.17) is 0 Å². The Morgan fingerprint density at radius 1 is 0.950 bits per heavy atom. The fourth-order valence-electron chi connectivity index (χ4n) is 3.25. The largest absolute Gasteiger partial charge is 0.372 e. The van der Waals surface area contributed by atoms with Gasteiger partial charge < -0.3 is 10.2 Å². The van der Waals surface area contributed by atoms with Crippen molar-refractivity contribution in [3.05, 3.63) is 53.6 Å². The SMILES string of the molecule is CCN(CC)c1cccc2c1C(C)c1ccccc1N2. The van der Waals surface area contributed by atoms with Crippen LogP contribution in [0.3, 0.4) is 0 Å². The molecule has 2 aromatic carbocycles. The van der Waals surface area contributed by atoms with Crippen LogP contribution in [-0.4, -0.2) is 13.1 Å². The summed E-state index contributed by atoms with van der Waals surface area (Å²) in [6.07, 6.45) is 0. The Morgan fingerprint density at radius 2 is 1.65 bits per heavy atom. The molecule has 2 heteroatoms. The minimum Gasteiger partial charge on any atom is -0.372 e. The number of fused-ring (bicyclic) bond motifs is 2. The second kappa shape index (κ2) is 5.20. The molecule has 1 N–H and O–H groups in total. The summed E-state index contributed by atoms with van der Waals surface area (Å²) in [5.74, 6) is 0.430. The number of hydrogen-bond acceptors (Lipinski definition) is 2. The molecule has 1 atom stereocenters. The third-order valence-corrected chi connectivity index (χ3v) is 4.32. The van der Waals surface area contributed by atoms with Crippen LogP contribution in [0.2, 0.25) is 0 Å². The third-order valence-electron chi connectivity index (χ3n) is 4.32. The molecule has 0 radical (unpaired) electrons. The highest BCUT2D eigenvalue weighted by molar-refractivity contribution is 5.79. The van der Waals surface area contributed by atoms with Gasteiger partial charge in [-0.1, -0.05) is 31.2 Å². The molecule has 3 rings (SSSR count). The zero-order valence-electron chi connectivity index (χ0n) is 12.5. The van der Waals surface area contributed by atoms with Gasteiger partial charge in [0, 0.05) is 41.6 Å². The van der Waals surface area contributed by atoms with Gasteiger partial charge in [-0.25, -0.2) is 0 Å². The quantitative estimate of drug-likeness (QED) is 0.863. The molecule has 0 fully saturated rings. The maximum absolute atomic E-state index is 3.59. The lowest BCUT2D eigenvalue weighted by Gasteiger charge is -2.33. The fourth-order valence-corrected chi connectivity index (χ4v) is 3.25. The zero-order valence-corrected chi connectivity index (χ0v) is 12.5. The van der Waals surface area contributed by atoms with Gasteiger partial charge in [0.2, 0.25) is 0 Å². The van der Waals surface area contributed by atoms with Crippen LogP contribution in [0.1, 0.15) is 37.8 Å². The molecule has 20 heavy (non-hydrogen) atoms. The summed E-state index contributed by atoms with van der Waals surface area (Å²) in [7, 11) is 0. The van der Waals surface area contributed by atoms with E-state index in [2.05, 4.69) is 73.5 Å². The maximum Gasteiger partial charge on any atom is 0.0443 e. The number of nitrogens with zero attached hydrogens (tertiary/aromatic N) is 1. The van der Waals surface area contributed by atoms with Crippen molar-refractivity contribution in [2.24, 2.45) is 0 Å². The van der Waals surface area contributed by atoms with Crippen molar-refractivity contribution in [1.29, 1.82) is 0 Å². The molecule has 1 aliphatic heterocycles. The normalized spacial score (nSPS) is 16.1. The summed E-state index contributed by atoms with van der Waals surface area (Å²) < 4.78 is 0. The third kappa shape index (κ3) is 1.96. The van der Waals surface area contributed by atoms with E-state index < -0.39 is 0 Å². The number of para-hydroxylation sites is 1. The molecule has 0 bridgehead atoms. The van der Waals surface area contributed by atoms with E-state index in [1.807, 2.05) is 0 Å². The molecule has 1 heterocycles. The first-order valence-corrected chi connectivity index (χ1v) is 7.50. The summed E-state index contributed by atoms with van der Waals surface area (Å²) in [5.41, 5.74) is 6.67. The molecule has 2 nitrogen and oxygen atoms in total. The van der Waals surface area contributed by atoms with Crippen LogP contribution >= 0.6 is 0 Å². The first-order valence-electron chi connectivity index (χ1n) is 7.50. The predicted octanol–water partition coefficient (Wildman–Crippen LogP) is 4.74. The Labute approximate surface area is 121 Å². The summed E-state index contributed by atoms with van der Waals surface area (Å²) in [6, 6.07) is 15.2. The van der Waals surface area contributed by atoms with Crippen LogP contribution in [0, 0.1) is 0 Å². The first-order chi connectivity index (χ1) is 9.76. The van der Waals surface area contributed by atoms with Crippen molar-refractivity contribution in [3.63, 3.8) is 0 Å². The first kappa shape index (κ1) is 13.0. The molecule has 2 aromatic rings. The highest BCUT2D eigenvalue weighted by atomic mass is 15.1. The Kier molecular flexibility index (Phi) is 3.39. The minimum absolute atomic E-state index is 0.430. The molecule has 0 aromatic heterocycles. The van der Waals surface area contributed by atoms with Gasteiger partial charge in [-0.15, -0.1) is 0 Å². The smallest absolute Gasteiger partial charge is 0.0443 e. The van der Waals surface area contributed by atoms with Crippen molar-refractivity contribution >= 4 is 17.1 Å². The fraction of sp³-hybridized carbons (Fsp3) is 0.333. The Balaban J connectivity index is 2.14. The lowest BCUT2D eigenvalue weighted by atomic mass is 9.86. The van der Waals surface area contributed by atoms with Gasteiger partial charge >= 0.3 is 0 Å². The Morgan fingerprint density at radius 3 is 2.40 bits per heavy atom. The second-order valence-corrected chi connectivity index (χ2v) is 5.34. The van der Waals surface area contributed by atoms with Crippen molar-refractivity contribution in [1.82, 2.24) is 0 Å². The molecule has 0 amide bonds. The van der Waals surface area contributed by atoms with E-state index in [9.17, 15) is 0 Å². The maximum atomic E-state index is 3.59. The van der Waals surface area contributed by atoms with Crippen molar-refractivity contribution in [2.75, 3.05) is 23.3 Å². The van der Waals surface area contributed by atoms with E-state index in [1.54, 1.807) is 0 Å². The van der Waals surface area contributed by atoms with E-state index in [0.717, 1.165) is 13.1 Å². The van der Waals surface area contributed by atoms with E-state index in [0.29, 0.717) is 5.92 Å². The van der Waals surface area contributed by atoms with Gasteiger partial charge in [0.05, 0.1) is 0 Å². The molecule has 0 saturated carbocycles.